The predicted octanol–water partition coefficient (Wildman–Crippen LogP) is 2.66. The molecular formula is C15H23NO2. The highest BCUT2D eigenvalue weighted by Gasteiger charge is 2.45. The van der Waals surface area contributed by atoms with Crippen LogP contribution in [0.2, 0.25) is 0 Å². The van der Waals surface area contributed by atoms with Gasteiger partial charge in [0.2, 0.25) is 0 Å². The fraction of sp³-hybridized carbons (Fsp3) is 0.800. The van der Waals surface area contributed by atoms with E-state index in [2.05, 4.69) is 4.90 Å². The molecule has 1 saturated heterocycles. The fourth-order valence-electron chi connectivity index (χ4n) is 4.01. The molecule has 2 aliphatic heterocycles. The van der Waals surface area contributed by atoms with Crippen LogP contribution in [0.15, 0.2) is 11.1 Å². The molecule has 3 rings (SSSR count). The monoisotopic (exact) mass is 249 g/mol. The van der Waals surface area contributed by atoms with Gasteiger partial charge in [-0.25, -0.2) is 4.79 Å². The van der Waals surface area contributed by atoms with E-state index in [0.717, 1.165) is 18.4 Å². The van der Waals surface area contributed by atoms with Crippen LogP contribution in [0.4, 0.5) is 0 Å². The summed E-state index contributed by atoms with van der Waals surface area (Å²) in [6.07, 6.45) is 8.61. The van der Waals surface area contributed by atoms with E-state index in [4.69, 9.17) is 4.74 Å². The lowest BCUT2D eigenvalue weighted by Crippen LogP contribution is -2.34. The van der Waals surface area contributed by atoms with Crippen molar-refractivity contribution in [2.45, 2.75) is 64.0 Å². The summed E-state index contributed by atoms with van der Waals surface area (Å²) >= 11 is 0. The summed E-state index contributed by atoms with van der Waals surface area (Å²) in [6.45, 7) is 3.56. The van der Waals surface area contributed by atoms with Crippen molar-refractivity contribution in [3.8, 4) is 0 Å². The van der Waals surface area contributed by atoms with Crippen LogP contribution in [0.3, 0.4) is 0 Å². The van der Waals surface area contributed by atoms with Crippen LogP contribution in [0.1, 0.15) is 51.9 Å². The molecule has 1 aliphatic carbocycles. The first kappa shape index (κ1) is 12.2. The Hall–Kier alpha value is -0.830. The molecule has 0 bridgehead atoms. The number of rotatable bonds is 2. The maximum absolute atomic E-state index is 12.2. The molecule has 2 heterocycles. The number of hydrogen-bond donors (Lipinski definition) is 0. The molecule has 0 aromatic carbocycles. The van der Waals surface area contributed by atoms with Crippen molar-refractivity contribution < 1.29 is 9.53 Å². The summed E-state index contributed by atoms with van der Waals surface area (Å²) in [6, 6.07) is 0.932. The third kappa shape index (κ3) is 1.89. The van der Waals surface area contributed by atoms with Crippen molar-refractivity contribution in [3.63, 3.8) is 0 Å². The van der Waals surface area contributed by atoms with Gasteiger partial charge >= 0.3 is 5.97 Å². The predicted molar refractivity (Wildman–Crippen MR) is 70.3 cm³/mol. The van der Waals surface area contributed by atoms with Gasteiger partial charge in [0.1, 0.15) is 0 Å². The summed E-state index contributed by atoms with van der Waals surface area (Å²) < 4.78 is 5.30. The lowest BCUT2D eigenvalue weighted by molar-refractivity contribution is -0.139. The average Bonchev–Trinajstić information content (AvgIpc) is 2.83. The lowest BCUT2D eigenvalue weighted by Gasteiger charge is -2.25. The average molecular weight is 249 g/mol. The van der Waals surface area contributed by atoms with Crippen LogP contribution in [-0.2, 0) is 9.53 Å². The van der Waals surface area contributed by atoms with E-state index >= 15 is 0 Å². The molecular weight excluding hydrogens is 226 g/mol. The van der Waals surface area contributed by atoms with Gasteiger partial charge in [0.25, 0.3) is 0 Å². The summed E-state index contributed by atoms with van der Waals surface area (Å²) in [5.74, 6) is -0.0335. The largest absolute Gasteiger partial charge is 0.463 e. The number of hydrogen-bond acceptors (Lipinski definition) is 3. The molecule has 3 heteroatoms. The Morgan fingerprint density at radius 2 is 2.06 bits per heavy atom. The topological polar surface area (TPSA) is 29.5 Å². The van der Waals surface area contributed by atoms with E-state index in [1.807, 2.05) is 6.92 Å². The first-order valence-corrected chi connectivity index (χ1v) is 7.48. The number of fused-ring (bicyclic) bond motifs is 3. The van der Waals surface area contributed by atoms with E-state index in [1.54, 1.807) is 0 Å². The molecule has 18 heavy (non-hydrogen) atoms. The maximum atomic E-state index is 12.2. The zero-order valence-corrected chi connectivity index (χ0v) is 11.3. The minimum atomic E-state index is -0.0335. The second-order valence-corrected chi connectivity index (χ2v) is 5.67. The molecule has 0 spiro atoms. The molecule has 3 nitrogen and oxygen atoms in total. The SMILES string of the molecule is CCOC(=O)C1=C2CCCCC[C@H]2N2CCC[C@H]12. The normalized spacial score (nSPS) is 32.1. The fourth-order valence-corrected chi connectivity index (χ4v) is 4.01. The van der Waals surface area contributed by atoms with Gasteiger partial charge in [-0.3, -0.25) is 4.90 Å². The van der Waals surface area contributed by atoms with Crippen LogP contribution in [-0.4, -0.2) is 36.1 Å². The Labute approximate surface area is 109 Å². The van der Waals surface area contributed by atoms with E-state index in [0.29, 0.717) is 18.7 Å². The van der Waals surface area contributed by atoms with Crippen molar-refractivity contribution in [3.05, 3.63) is 11.1 Å². The van der Waals surface area contributed by atoms with Crippen LogP contribution in [0.25, 0.3) is 0 Å². The standard InChI is InChI=1S/C15H23NO2/c1-2-18-15(17)14-11-7-4-3-5-8-12(11)16-10-6-9-13(14)16/h12-13H,2-10H2,1H3/t12-,13-/m1/s1. The molecule has 0 radical (unpaired) electrons. The molecule has 2 fully saturated rings. The summed E-state index contributed by atoms with van der Waals surface area (Å²) in [4.78, 5) is 14.8. The van der Waals surface area contributed by atoms with Crippen molar-refractivity contribution in [1.82, 2.24) is 4.90 Å². The molecule has 2 atom stereocenters. The highest BCUT2D eigenvalue weighted by Crippen LogP contribution is 2.43. The van der Waals surface area contributed by atoms with Gasteiger partial charge < -0.3 is 4.74 Å². The second kappa shape index (κ2) is 5.04. The quantitative estimate of drug-likeness (QED) is 0.705. The zero-order chi connectivity index (χ0) is 12.5. The number of esters is 1. The molecule has 0 aromatic rings. The molecule has 3 aliphatic rings. The minimum absolute atomic E-state index is 0.0335. The van der Waals surface area contributed by atoms with E-state index < -0.39 is 0 Å². The number of carbonyl (C=O) groups is 1. The van der Waals surface area contributed by atoms with Gasteiger partial charge in [0.05, 0.1) is 12.2 Å². The van der Waals surface area contributed by atoms with E-state index in [9.17, 15) is 4.79 Å². The summed E-state index contributed by atoms with van der Waals surface area (Å²) in [5, 5.41) is 0. The van der Waals surface area contributed by atoms with Crippen LogP contribution >= 0.6 is 0 Å². The molecule has 0 amide bonds. The Bertz CT molecular complexity index is 375. The van der Waals surface area contributed by atoms with Gasteiger partial charge in [0, 0.05) is 12.1 Å². The molecule has 0 unspecified atom stereocenters. The lowest BCUT2D eigenvalue weighted by atomic mass is 9.96. The van der Waals surface area contributed by atoms with Gasteiger partial charge in [-0.2, -0.15) is 0 Å². The van der Waals surface area contributed by atoms with E-state index in [-0.39, 0.29) is 5.97 Å². The number of ether oxygens (including phenoxy) is 1. The van der Waals surface area contributed by atoms with Gasteiger partial charge in [-0.15, -0.1) is 0 Å². The maximum Gasteiger partial charge on any atom is 0.335 e. The minimum Gasteiger partial charge on any atom is -0.463 e. The van der Waals surface area contributed by atoms with Gasteiger partial charge in [0.15, 0.2) is 0 Å². The van der Waals surface area contributed by atoms with Crippen LogP contribution < -0.4 is 0 Å². The number of carbonyl (C=O) groups excluding carboxylic acids is 1. The third-order valence-corrected chi connectivity index (χ3v) is 4.69. The Morgan fingerprint density at radius 1 is 1.22 bits per heavy atom. The van der Waals surface area contributed by atoms with Crippen molar-refractivity contribution in [1.29, 1.82) is 0 Å². The number of nitrogens with zero attached hydrogens (tertiary/aromatic N) is 1. The van der Waals surface area contributed by atoms with Crippen molar-refractivity contribution in [2.75, 3.05) is 13.2 Å². The van der Waals surface area contributed by atoms with Crippen molar-refractivity contribution in [2.24, 2.45) is 0 Å². The van der Waals surface area contributed by atoms with Crippen LogP contribution in [0.5, 0.6) is 0 Å². The Morgan fingerprint density at radius 3 is 2.89 bits per heavy atom. The van der Waals surface area contributed by atoms with Gasteiger partial charge in [-0.05, 0) is 51.1 Å². The van der Waals surface area contributed by atoms with E-state index in [1.165, 1.54) is 44.2 Å². The third-order valence-electron chi connectivity index (χ3n) is 4.69. The zero-order valence-electron chi connectivity index (χ0n) is 11.3. The Balaban J connectivity index is 1.94. The van der Waals surface area contributed by atoms with Crippen molar-refractivity contribution >= 4 is 5.97 Å². The molecule has 1 saturated carbocycles. The highest BCUT2D eigenvalue weighted by atomic mass is 16.5. The smallest absolute Gasteiger partial charge is 0.335 e. The highest BCUT2D eigenvalue weighted by molar-refractivity contribution is 5.92. The second-order valence-electron chi connectivity index (χ2n) is 5.67. The molecule has 0 N–H and O–H groups in total. The first-order valence-electron chi connectivity index (χ1n) is 7.48. The molecule has 0 aromatic heterocycles. The Kier molecular flexibility index (Phi) is 3.42. The molecule has 100 valence electrons. The summed E-state index contributed by atoms with van der Waals surface area (Å²) in [5.41, 5.74) is 2.47. The summed E-state index contributed by atoms with van der Waals surface area (Å²) in [7, 11) is 0. The van der Waals surface area contributed by atoms with Crippen LogP contribution in [0, 0.1) is 0 Å². The first-order chi connectivity index (χ1) is 8.83. The van der Waals surface area contributed by atoms with Gasteiger partial charge in [-0.1, -0.05) is 12.8 Å².